The average Bonchev–Trinajstić information content (AvgIpc) is 2.17. The average molecular weight is 192 g/mol. The largest absolute Gasteiger partial charge is 0.294 e. The maximum absolute atomic E-state index is 11.9. The Morgan fingerprint density at radius 1 is 1.50 bits per heavy atom. The highest BCUT2D eigenvalue weighted by molar-refractivity contribution is 5.97. The number of hydrogen-bond acceptors (Lipinski definition) is 1. The van der Waals surface area contributed by atoms with Gasteiger partial charge in [-0.2, -0.15) is 0 Å². The molecule has 0 heterocycles. The summed E-state index contributed by atoms with van der Waals surface area (Å²) in [5, 5.41) is 0. The molecule has 1 atom stereocenters. The number of carbonyl (C=O) groups excluding carboxylic acids is 1. The van der Waals surface area contributed by atoms with Crippen LogP contribution in [0.1, 0.15) is 40.0 Å². The Morgan fingerprint density at radius 3 is 2.71 bits per heavy atom. The molecule has 0 bridgehead atoms. The number of rotatable bonds is 3. The van der Waals surface area contributed by atoms with E-state index >= 15 is 0 Å². The van der Waals surface area contributed by atoms with Crippen LogP contribution in [-0.4, -0.2) is 5.78 Å². The number of carbonyl (C=O) groups is 1. The van der Waals surface area contributed by atoms with Gasteiger partial charge in [-0.05, 0) is 37.7 Å². The molecule has 0 amide bonds. The van der Waals surface area contributed by atoms with Gasteiger partial charge < -0.3 is 0 Å². The topological polar surface area (TPSA) is 17.1 Å². The molecule has 1 heteroatoms. The summed E-state index contributed by atoms with van der Waals surface area (Å²) in [4.78, 5) is 11.9. The van der Waals surface area contributed by atoms with E-state index in [1.807, 2.05) is 6.92 Å². The van der Waals surface area contributed by atoms with Gasteiger partial charge in [0.25, 0.3) is 0 Å². The summed E-state index contributed by atoms with van der Waals surface area (Å²) >= 11 is 0. The second-order valence-electron chi connectivity index (χ2n) is 4.42. The van der Waals surface area contributed by atoms with Crippen LogP contribution in [0, 0.1) is 11.8 Å². The number of ketones is 1. The molecular weight excluding hydrogens is 172 g/mol. The summed E-state index contributed by atoms with van der Waals surface area (Å²) in [5.41, 5.74) is 0.927. The van der Waals surface area contributed by atoms with Crippen LogP contribution >= 0.6 is 0 Å². The van der Waals surface area contributed by atoms with Crippen LogP contribution in [0.15, 0.2) is 23.8 Å². The number of allylic oxidation sites excluding steroid dienone is 4. The molecule has 0 N–H and O–H groups in total. The quantitative estimate of drug-likeness (QED) is 0.494. The van der Waals surface area contributed by atoms with Crippen LogP contribution in [-0.2, 0) is 4.79 Å². The zero-order chi connectivity index (χ0) is 10.6. The molecule has 1 rings (SSSR count). The highest BCUT2D eigenvalue weighted by Crippen LogP contribution is 2.21. The maximum atomic E-state index is 11.9. The Hall–Kier alpha value is -0.850. The predicted octanol–water partition coefficient (Wildman–Crippen LogP) is 3.51. The summed E-state index contributed by atoms with van der Waals surface area (Å²) in [6.07, 6.45) is 9.58. The number of hydrogen-bond donors (Lipinski definition) is 0. The van der Waals surface area contributed by atoms with Crippen molar-refractivity contribution in [1.29, 1.82) is 0 Å². The summed E-state index contributed by atoms with van der Waals surface area (Å²) in [6, 6.07) is 0. The molecule has 1 aliphatic carbocycles. The van der Waals surface area contributed by atoms with Crippen LogP contribution < -0.4 is 0 Å². The van der Waals surface area contributed by atoms with E-state index < -0.39 is 0 Å². The molecule has 0 aromatic heterocycles. The third-order valence-corrected chi connectivity index (χ3v) is 2.56. The third kappa shape index (κ3) is 3.13. The van der Waals surface area contributed by atoms with Gasteiger partial charge in [-0.3, -0.25) is 4.79 Å². The summed E-state index contributed by atoms with van der Waals surface area (Å²) in [5.74, 6) is 0.930. The minimum Gasteiger partial charge on any atom is -0.294 e. The Bertz CT molecular complexity index is 258. The van der Waals surface area contributed by atoms with Gasteiger partial charge in [0.15, 0.2) is 5.78 Å². The monoisotopic (exact) mass is 192 g/mol. The molecule has 0 aliphatic heterocycles. The molecular formula is C13H20O. The van der Waals surface area contributed by atoms with Crippen LogP contribution in [0.4, 0.5) is 0 Å². The van der Waals surface area contributed by atoms with Gasteiger partial charge in [-0.15, -0.1) is 0 Å². The molecule has 78 valence electrons. The van der Waals surface area contributed by atoms with Crippen LogP contribution in [0.5, 0.6) is 0 Å². The Kier molecular flexibility index (Phi) is 4.12. The van der Waals surface area contributed by atoms with Crippen molar-refractivity contribution in [2.45, 2.75) is 40.0 Å². The lowest BCUT2D eigenvalue weighted by Gasteiger charge is -2.15. The zero-order valence-corrected chi connectivity index (χ0v) is 9.42. The molecule has 0 radical (unpaired) electrons. The maximum Gasteiger partial charge on any atom is 0.165 e. The SMILES string of the molecule is C/C(=C\C(C)C)C(=O)C1C=CCCC1. The fourth-order valence-corrected chi connectivity index (χ4v) is 1.91. The van der Waals surface area contributed by atoms with Crippen molar-refractivity contribution in [2.75, 3.05) is 0 Å². The molecule has 1 nitrogen and oxygen atoms in total. The highest BCUT2D eigenvalue weighted by Gasteiger charge is 2.18. The molecule has 0 spiro atoms. The molecule has 0 aromatic carbocycles. The lowest BCUT2D eigenvalue weighted by molar-refractivity contribution is -0.118. The smallest absolute Gasteiger partial charge is 0.165 e. The van der Waals surface area contributed by atoms with Gasteiger partial charge in [-0.25, -0.2) is 0 Å². The minimum absolute atomic E-state index is 0.152. The van der Waals surface area contributed by atoms with E-state index in [9.17, 15) is 4.79 Å². The van der Waals surface area contributed by atoms with Crippen LogP contribution in [0.25, 0.3) is 0 Å². The van der Waals surface area contributed by atoms with Crippen LogP contribution in [0.2, 0.25) is 0 Å². The first kappa shape index (κ1) is 11.2. The van der Waals surface area contributed by atoms with E-state index in [1.165, 1.54) is 0 Å². The van der Waals surface area contributed by atoms with Crippen molar-refractivity contribution in [3.05, 3.63) is 23.8 Å². The first-order chi connectivity index (χ1) is 6.61. The van der Waals surface area contributed by atoms with Gasteiger partial charge in [-0.1, -0.05) is 32.1 Å². The molecule has 14 heavy (non-hydrogen) atoms. The molecule has 0 fully saturated rings. The van der Waals surface area contributed by atoms with E-state index in [0.29, 0.717) is 11.7 Å². The number of Topliss-reactive ketones (excluding diaryl/α,β-unsaturated/α-hetero) is 1. The molecule has 1 aliphatic rings. The first-order valence-corrected chi connectivity index (χ1v) is 5.50. The summed E-state index contributed by atoms with van der Waals surface area (Å²) in [7, 11) is 0. The summed E-state index contributed by atoms with van der Waals surface area (Å²) < 4.78 is 0. The fraction of sp³-hybridized carbons (Fsp3) is 0.615. The summed E-state index contributed by atoms with van der Waals surface area (Å²) in [6.45, 7) is 6.14. The van der Waals surface area contributed by atoms with E-state index in [-0.39, 0.29) is 5.92 Å². The van der Waals surface area contributed by atoms with E-state index in [1.54, 1.807) is 0 Å². The van der Waals surface area contributed by atoms with E-state index in [2.05, 4.69) is 32.1 Å². The van der Waals surface area contributed by atoms with Gasteiger partial charge in [0.1, 0.15) is 0 Å². The molecule has 0 saturated heterocycles. The second-order valence-corrected chi connectivity index (χ2v) is 4.42. The van der Waals surface area contributed by atoms with Crippen molar-refractivity contribution in [3.8, 4) is 0 Å². The minimum atomic E-state index is 0.152. The van der Waals surface area contributed by atoms with Gasteiger partial charge >= 0.3 is 0 Å². The second kappa shape index (κ2) is 5.14. The zero-order valence-electron chi connectivity index (χ0n) is 9.42. The highest BCUT2D eigenvalue weighted by atomic mass is 16.1. The third-order valence-electron chi connectivity index (χ3n) is 2.56. The first-order valence-electron chi connectivity index (χ1n) is 5.50. The van der Waals surface area contributed by atoms with Crippen molar-refractivity contribution < 1.29 is 4.79 Å². The van der Waals surface area contributed by atoms with Crippen molar-refractivity contribution in [2.24, 2.45) is 11.8 Å². The normalized spacial score (nSPS) is 22.9. The van der Waals surface area contributed by atoms with Crippen molar-refractivity contribution in [1.82, 2.24) is 0 Å². The van der Waals surface area contributed by atoms with Crippen LogP contribution in [0.3, 0.4) is 0 Å². The Morgan fingerprint density at radius 2 is 2.21 bits per heavy atom. The van der Waals surface area contributed by atoms with E-state index in [4.69, 9.17) is 0 Å². The van der Waals surface area contributed by atoms with Gasteiger partial charge in [0.05, 0.1) is 0 Å². The van der Waals surface area contributed by atoms with Crippen molar-refractivity contribution in [3.63, 3.8) is 0 Å². The van der Waals surface area contributed by atoms with E-state index in [0.717, 1.165) is 24.8 Å². The van der Waals surface area contributed by atoms with Gasteiger partial charge in [0.2, 0.25) is 0 Å². The lowest BCUT2D eigenvalue weighted by Crippen LogP contribution is -2.15. The standard InChI is InChI=1S/C13H20O/c1-10(2)9-11(3)13(14)12-7-5-4-6-8-12/h5,7,9-10,12H,4,6,8H2,1-3H3/b11-9+. The molecule has 0 saturated carbocycles. The molecule has 0 aromatic rings. The predicted molar refractivity (Wildman–Crippen MR) is 60.1 cm³/mol. The van der Waals surface area contributed by atoms with Gasteiger partial charge in [0, 0.05) is 5.92 Å². The van der Waals surface area contributed by atoms with Crippen molar-refractivity contribution >= 4 is 5.78 Å². The lowest BCUT2D eigenvalue weighted by atomic mass is 9.88. The fourth-order valence-electron chi connectivity index (χ4n) is 1.91. The molecule has 1 unspecified atom stereocenters. The Labute approximate surface area is 86.9 Å². The Balaban J connectivity index is 2.64.